The van der Waals surface area contributed by atoms with Crippen LogP contribution in [0.1, 0.15) is 47.6 Å². The molecule has 0 amide bonds. The molecule has 1 unspecified atom stereocenters. The number of benzene rings is 1. The molecule has 0 saturated carbocycles. The van der Waals surface area contributed by atoms with E-state index in [-0.39, 0.29) is 5.54 Å². The first-order valence-electron chi connectivity index (χ1n) is 8.55. The van der Waals surface area contributed by atoms with E-state index in [4.69, 9.17) is 18.0 Å². The van der Waals surface area contributed by atoms with Crippen molar-refractivity contribution in [1.82, 2.24) is 4.90 Å². The van der Waals surface area contributed by atoms with Crippen LogP contribution in [0.25, 0.3) is 0 Å². The van der Waals surface area contributed by atoms with Gasteiger partial charge in [0.2, 0.25) is 0 Å². The van der Waals surface area contributed by atoms with Gasteiger partial charge in [-0.3, -0.25) is 0 Å². The highest BCUT2D eigenvalue weighted by Gasteiger charge is 2.27. The van der Waals surface area contributed by atoms with Crippen molar-refractivity contribution in [3.05, 3.63) is 56.8 Å². The van der Waals surface area contributed by atoms with E-state index in [1.165, 1.54) is 27.8 Å². The summed E-state index contributed by atoms with van der Waals surface area (Å²) in [5.41, 5.74) is 13.0. The van der Waals surface area contributed by atoms with Crippen LogP contribution in [0.3, 0.4) is 0 Å². The Morgan fingerprint density at radius 2 is 2.00 bits per heavy atom. The molecule has 0 fully saturated rings. The van der Waals surface area contributed by atoms with Crippen molar-refractivity contribution in [2.45, 2.75) is 52.1 Å². The van der Waals surface area contributed by atoms with Gasteiger partial charge < -0.3 is 10.6 Å². The van der Waals surface area contributed by atoms with Crippen LogP contribution in [0, 0.1) is 13.8 Å². The van der Waals surface area contributed by atoms with Gasteiger partial charge in [-0.25, -0.2) is 0 Å². The lowest BCUT2D eigenvalue weighted by Gasteiger charge is -2.28. The van der Waals surface area contributed by atoms with Gasteiger partial charge in [-0.05, 0) is 85.2 Å². The quantitative estimate of drug-likeness (QED) is 0.766. The van der Waals surface area contributed by atoms with E-state index >= 15 is 0 Å². The normalized spacial score (nSPS) is 16.3. The van der Waals surface area contributed by atoms with Gasteiger partial charge in [0.25, 0.3) is 0 Å². The average Bonchev–Trinajstić information content (AvgIpc) is 3.14. The van der Waals surface area contributed by atoms with E-state index in [9.17, 15) is 0 Å². The minimum atomic E-state index is -0.155. The van der Waals surface area contributed by atoms with Gasteiger partial charge in [0.1, 0.15) is 4.99 Å². The summed E-state index contributed by atoms with van der Waals surface area (Å²) in [6.07, 6.45) is 3.03. The van der Waals surface area contributed by atoms with Crippen molar-refractivity contribution in [2.24, 2.45) is 5.73 Å². The molecule has 0 radical (unpaired) electrons. The number of aryl methyl sites for hydroxylation is 3. The zero-order valence-corrected chi connectivity index (χ0v) is 16.4. The van der Waals surface area contributed by atoms with Crippen LogP contribution in [-0.4, -0.2) is 22.0 Å². The molecular formula is C20H26N2S2. The van der Waals surface area contributed by atoms with Gasteiger partial charge in [-0.2, -0.15) is 11.3 Å². The summed E-state index contributed by atoms with van der Waals surface area (Å²) >= 11 is 7.46. The van der Waals surface area contributed by atoms with Gasteiger partial charge in [-0.1, -0.05) is 18.3 Å². The maximum Gasteiger partial charge on any atom is 0.109 e. The second-order valence-electron chi connectivity index (χ2n) is 7.36. The van der Waals surface area contributed by atoms with Crippen LogP contribution in [0.15, 0.2) is 29.0 Å². The smallest absolute Gasteiger partial charge is 0.109 e. The third-order valence-electron chi connectivity index (χ3n) is 5.12. The highest BCUT2D eigenvalue weighted by molar-refractivity contribution is 7.80. The van der Waals surface area contributed by atoms with Crippen molar-refractivity contribution in [2.75, 3.05) is 6.54 Å². The van der Waals surface area contributed by atoms with Gasteiger partial charge in [0.15, 0.2) is 0 Å². The molecule has 1 atom stereocenters. The minimum absolute atomic E-state index is 0.155. The Morgan fingerprint density at radius 1 is 1.25 bits per heavy atom. The minimum Gasteiger partial charge on any atom is -0.358 e. The molecule has 0 bridgehead atoms. The molecule has 2 heterocycles. The molecule has 2 nitrogen and oxygen atoms in total. The highest BCUT2D eigenvalue weighted by atomic mass is 32.1. The van der Waals surface area contributed by atoms with Crippen LogP contribution in [0.4, 0.5) is 0 Å². The third kappa shape index (κ3) is 3.88. The number of thiophene rings is 1. The van der Waals surface area contributed by atoms with Crippen molar-refractivity contribution in [3.63, 3.8) is 0 Å². The molecule has 1 aromatic carbocycles. The molecular weight excluding hydrogens is 332 g/mol. The van der Waals surface area contributed by atoms with E-state index < -0.39 is 0 Å². The van der Waals surface area contributed by atoms with Gasteiger partial charge in [-0.15, -0.1) is 0 Å². The number of nitrogens with zero attached hydrogens (tertiary/aromatic N) is 1. The van der Waals surface area contributed by atoms with Crippen LogP contribution >= 0.6 is 23.6 Å². The Bertz CT molecular complexity index is 732. The summed E-state index contributed by atoms with van der Waals surface area (Å²) in [6.45, 7) is 8.35. The van der Waals surface area contributed by atoms with Crippen molar-refractivity contribution >= 4 is 28.5 Å². The van der Waals surface area contributed by atoms with Crippen LogP contribution in [-0.2, 0) is 13.0 Å². The predicted octanol–water partition coefficient (Wildman–Crippen LogP) is 4.60. The molecule has 2 N–H and O–H groups in total. The Morgan fingerprint density at radius 3 is 2.71 bits per heavy atom. The number of hydrogen-bond acceptors (Lipinski definition) is 3. The lowest BCUT2D eigenvalue weighted by molar-refractivity contribution is 0.331. The van der Waals surface area contributed by atoms with Gasteiger partial charge in [0, 0.05) is 24.2 Å². The van der Waals surface area contributed by atoms with Crippen molar-refractivity contribution in [3.8, 4) is 0 Å². The standard InChI is InChI=1S/C20H26N2S2/c1-14-10-17-12-22(19(23)18(17)11-15(14)2)8-7-20(3,21)6-4-16-5-9-24-13-16/h5,9-11,13H,4,6-8,12,21H2,1-3H3. The number of nitrogens with two attached hydrogens (primary N) is 1. The Hall–Kier alpha value is -1.23. The van der Waals surface area contributed by atoms with E-state index in [2.05, 4.69) is 54.6 Å². The average molecular weight is 359 g/mol. The summed E-state index contributed by atoms with van der Waals surface area (Å²) < 4.78 is 0. The number of rotatable bonds is 6. The van der Waals surface area contributed by atoms with E-state index in [1.807, 2.05) is 0 Å². The predicted molar refractivity (Wildman–Crippen MR) is 108 cm³/mol. The summed E-state index contributed by atoms with van der Waals surface area (Å²) in [7, 11) is 0. The zero-order valence-electron chi connectivity index (χ0n) is 14.8. The summed E-state index contributed by atoms with van der Waals surface area (Å²) in [5.74, 6) is 0. The van der Waals surface area contributed by atoms with Gasteiger partial charge in [0.05, 0.1) is 0 Å². The number of fused-ring (bicyclic) bond motifs is 1. The van der Waals surface area contributed by atoms with Crippen LogP contribution in [0.2, 0.25) is 0 Å². The van der Waals surface area contributed by atoms with Crippen molar-refractivity contribution in [1.29, 1.82) is 0 Å². The van der Waals surface area contributed by atoms with Crippen LogP contribution in [0.5, 0.6) is 0 Å². The molecule has 3 rings (SSSR count). The lowest BCUT2D eigenvalue weighted by Crippen LogP contribution is -2.40. The highest BCUT2D eigenvalue weighted by Crippen LogP contribution is 2.28. The molecule has 0 saturated heterocycles. The van der Waals surface area contributed by atoms with E-state index in [0.717, 1.165) is 37.3 Å². The molecule has 2 aromatic rings. The molecule has 4 heteroatoms. The first-order valence-corrected chi connectivity index (χ1v) is 9.90. The molecule has 0 spiro atoms. The zero-order chi connectivity index (χ0) is 17.3. The fraction of sp³-hybridized carbons (Fsp3) is 0.450. The molecule has 1 aromatic heterocycles. The molecule has 1 aliphatic rings. The molecule has 128 valence electrons. The first-order chi connectivity index (χ1) is 11.4. The maximum atomic E-state index is 6.54. The summed E-state index contributed by atoms with van der Waals surface area (Å²) in [5, 5.41) is 4.35. The van der Waals surface area contributed by atoms with Crippen molar-refractivity contribution < 1.29 is 0 Å². The fourth-order valence-corrected chi connectivity index (χ4v) is 4.26. The first kappa shape index (κ1) is 17.6. The Balaban J connectivity index is 1.58. The SMILES string of the molecule is Cc1cc2c(cc1C)C(=S)N(CCC(C)(N)CCc1ccsc1)C2. The fourth-order valence-electron chi connectivity index (χ4n) is 3.21. The largest absolute Gasteiger partial charge is 0.358 e. The Labute approximate surface area is 154 Å². The third-order valence-corrected chi connectivity index (χ3v) is 6.33. The molecule has 24 heavy (non-hydrogen) atoms. The summed E-state index contributed by atoms with van der Waals surface area (Å²) in [4.78, 5) is 3.30. The monoisotopic (exact) mass is 358 g/mol. The second kappa shape index (κ2) is 6.95. The van der Waals surface area contributed by atoms with Gasteiger partial charge >= 0.3 is 0 Å². The number of thiocarbonyl (C=S) groups is 1. The number of hydrogen-bond donors (Lipinski definition) is 1. The Kier molecular flexibility index (Phi) is 5.09. The maximum absolute atomic E-state index is 6.54. The molecule has 0 aliphatic carbocycles. The van der Waals surface area contributed by atoms with Crippen LogP contribution < -0.4 is 5.73 Å². The second-order valence-corrected chi connectivity index (χ2v) is 8.52. The van der Waals surface area contributed by atoms with E-state index in [0.29, 0.717) is 0 Å². The molecule has 1 aliphatic heterocycles. The topological polar surface area (TPSA) is 29.3 Å². The summed E-state index contributed by atoms with van der Waals surface area (Å²) in [6, 6.07) is 6.72. The lowest BCUT2D eigenvalue weighted by atomic mass is 9.91. The van der Waals surface area contributed by atoms with E-state index in [1.54, 1.807) is 11.3 Å².